The molecule has 0 saturated heterocycles. The summed E-state index contributed by atoms with van der Waals surface area (Å²) in [5.74, 6) is -13.3. The third-order valence-corrected chi connectivity index (χ3v) is 13.8. The fourth-order valence-electron chi connectivity index (χ4n) is 9.56. The van der Waals surface area contributed by atoms with Crippen LogP contribution in [0.4, 0.5) is 0 Å². The SMILES string of the molecule is Cc1ccc2c(C(=O)O)c(O)c([O-])c(C)c2c1.O=C(O)c1c(O)cc([O-])c2ccccc12.O=C(O)c1c([O-])c(O)cc2ccccc12.O=C(O)c1c([O-])ccc2cc(O)ccc12.O=C(O)c1c([O-])ccc2ccc(O)cc12.O=C(O)c1cccc2ccc(O)c([O-])c12. The molecule has 0 aromatic heterocycles. The summed E-state index contributed by atoms with van der Waals surface area (Å²) in [6, 6.07) is 41.3. The fraction of sp³-hybridized carbons (Fsp3) is 0.0294. The van der Waals surface area contributed by atoms with Gasteiger partial charge in [0.25, 0.3) is 0 Å². The van der Waals surface area contributed by atoms with E-state index in [1.54, 1.807) is 79.7 Å². The predicted octanol–water partition coefficient (Wildman–Crippen LogP) is 8.52. The van der Waals surface area contributed by atoms with Gasteiger partial charge in [0.15, 0.2) is 0 Å². The number of benzene rings is 12. The highest BCUT2D eigenvalue weighted by Crippen LogP contribution is 2.40. The Balaban J connectivity index is 0.000000157. The van der Waals surface area contributed by atoms with Crippen molar-refractivity contribution in [2.24, 2.45) is 0 Å². The normalized spacial score (nSPS) is 10.5. The van der Waals surface area contributed by atoms with Crippen LogP contribution in [0.2, 0.25) is 0 Å². The van der Waals surface area contributed by atoms with E-state index in [4.69, 9.17) is 30.6 Å². The van der Waals surface area contributed by atoms with Gasteiger partial charge in [-0.15, -0.1) is 0 Å². The van der Waals surface area contributed by atoms with Crippen molar-refractivity contribution in [3.8, 4) is 69.0 Å². The van der Waals surface area contributed by atoms with E-state index in [1.165, 1.54) is 91.0 Å². The quantitative estimate of drug-likeness (QED) is 0.0741. The molecular formula is C68H46O24-6. The lowest BCUT2D eigenvalue weighted by Gasteiger charge is -2.18. The molecule has 92 heavy (non-hydrogen) atoms. The van der Waals surface area contributed by atoms with Crippen molar-refractivity contribution in [2.45, 2.75) is 13.8 Å². The summed E-state index contributed by atoms with van der Waals surface area (Å²) in [5.41, 5.74) is -0.288. The van der Waals surface area contributed by atoms with Gasteiger partial charge in [0.1, 0.15) is 45.6 Å². The van der Waals surface area contributed by atoms with Crippen LogP contribution in [0.1, 0.15) is 73.3 Å². The van der Waals surface area contributed by atoms with Crippen LogP contribution in [-0.2, 0) is 0 Å². The topological polar surface area (TPSA) is 484 Å². The number of carboxylic acid groups (broad SMARTS) is 6. The van der Waals surface area contributed by atoms with Gasteiger partial charge in [-0.1, -0.05) is 155 Å². The molecule has 0 bridgehead atoms. The predicted molar refractivity (Wildman–Crippen MR) is 322 cm³/mol. The highest BCUT2D eigenvalue weighted by atomic mass is 16.4. The van der Waals surface area contributed by atoms with Crippen molar-refractivity contribution in [3.05, 3.63) is 214 Å². The Bertz CT molecular complexity index is 4930. The summed E-state index contributed by atoms with van der Waals surface area (Å²) in [6.45, 7) is 3.44. The maximum absolute atomic E-state index is 11.7. The largest absolute Gasteiger partial charge is 0.872 e. The number of hydrogen-bond acceptors (Lipinski definition) is 18. The third kappa shape index (κ3) is 14.0. The number of phenolic OH excluding ortho intramolecular Hbond substituents is 4. The number of aryl methyl sites for hydroxylation is 2. The van der Waals surface area contributed by atoms with Crippen LogP contribution in [0.15, 0.2) is 170 Å². The number of carboxylic acids is 6. The van der Waals surface area contributed by atoms with Crippen molar-refractivity contribution < 1.29 is 121 Å². The van der Waals surface area contributed by atoms with Crippen LogP contribution < -0.4 is 30.6 Å². The number of phenols is 6. The average Bonchev–Trinajstić information content (AvgIpc) is 1.02. The molecule has 0 aliphatic rings. The fourth-order valence-corrected chi connectivity index (χ4v) is 9.56. The van der Waals surface area contributed by atoms with Crippen LogP contribution >= 0.6 is 0 Å². The van der Waals surface area contributed by atoms with E-state index < -0.39 is 87.6 Å². The number of hydrogen-bond donors (Lipinski definition) is 12. The van der Waals surface area contributed by atoms with Crippen molar-refractivity contribution in [1.82, 2.24) is 0 Å². The van der Waals surface area contributed by atoms with Gasteiger partial charge in [0.2, 0.25) is 0 Å². The van der Waals surface area contributed by atoms with Gasteiger partial charge < -0.3 is 91.9 Å². The van der Waals surface area contributed by atoms with Gasteiger partial charge in [-0.3, -0.25) is 0 Å². The summed E-state index contributed by atoms with van der Waals surface area (Å²) < 4.78 is 0. The minimum atomic E-state index is -1.33. The summed E-state index contributed by atoms with van der Waals surface area (Å²) in [7, 11) is 0. The standard InChI is InChI=1S/C13H12O4.5C11H8O4/c1-6-3-4-8-9(5-6)7(2)11(14)12(15)10(8)13(16)17;12-7-2-3-8-6(5-7)1-4-9(13)10(8)11(14)15;12-7-3-1-6-2-4-9(13)10(11(14)15)8(6)5-7;12-8-5-4-6-2-1-3-7(11(14)15)9(6)10(8)13;12-8-5-9(13)10(11(14)15)7-4-2-1-3-6(7)8;12-8-5-6-3-1-2-4-7(6)9(10(8)13)11(14)15/h3-5,14-15H,1-2H3,(H,16,17);5*1-5,12-13H,(H,14,15)/p-6. The first-order valence-electron chi connectivity index (χ1n) is 26.4. The smallest absolute Gasteiger partial charge is 0.340 e. The van der Waals surface area contributed by atoms with E-state index in [1.807, 2.05) is 6.92 Å². The van der Waals surface area contributed by atoms with Gasteiger partial charge >= 0.3 is 35.8 Å². The molecule has 12 aromatic rings. The van der Waals surface area contributed by atoms with E-state index in [0.29, 0.717) is 54.0 Å². The number of aromatic hydroxyl groups is 6. The van der Waals surface area contributed by atoms with Crippen molar-refractivity contribution in [1.29, 1.82) is 0 Å². The lowest BCUT2D eigenvalue weighted by atomic mass is 9.96. The molecule has 0 unspecified atom stereocenters. The van der Waals surface area contributed by atoms with Crippen LogP contribution in [0, 0.1) is 13.8 Å². The molecule has 12 aromatic carbocycles. The molecule has 12 rings (SSSR count). The van der Waals surface area contributed by atoms with E-state index in [2.05, 4.69) is 0 Å². The minimum Gasteiger partial charge on any atom is -0.872 e. The molecule has 24 heteroatoms. The van der Waals surface area contributed by atoms with Crippen molar-refractivity contribution in [3.63, 3.8) is 0 Å². The maximum Gasteiger partial charge on any atom is 0.340 e. The van der Waals surface area contributed by atoms with E-state index >= 15 is 0 Å². The Hall–Kier alpha value is -13.4. The molecule has 0 radical (unpaired) electrons. The van der Waals surface area contributed by atoms with Gasteiger partial charge in [0.05, 0.1) is 22.3 Å². The molecule has 0 aliphatic heterocycles. The molecule has 0 saturated carbocycles. The zero-order chi connectivity index (χ0) is 67.7. The first kappa shape index (κ1) is 66.2. The summed E-state index contributed by atoms with van der Waals surface area (Å²) in [4.78, 5) is 65.4. The van der Waals surface area contributed by atoms with Gasteiger partial charge in [-0.05, 0) is 133 Å². The molecule has 0 amide bonds. The Morgan fingerprint density at radius 2 is 0.783 bits per heavy atom. The second-order valence-corrected chi connectivity index (χ2v) is 19.7. The molecule has 24 nitrogen and oxygen atoms in total. The van der Waals surface area contributed by atoms with E-state index in [9.17, 15) is 90.0 Å². The highest BCUT2D eigenvalue weighted by molar-refractivity contribution is 6.12. The molecular weight excluding hydrogens is 1200 g/mol. The monoisotopic (exact) mass is 1250 g/mol. The van der Waals surface area contributed by atoms with Gasteiger partial charge in [0, 0.05) is 5.39 Å². The molecule has 0 spiro atoms. The summed E-state index contributed by atoms with van der Waals surface area (Å²) in [5, 5.41) is 183. The van der Waals surface area contributed by atoms with Crippen LogP contribution in [0.25, 0.3) is 64.6 Å². The minimum absolute atomic E-state index is 0.0393. The molecule has 0 fully saturated rings. The third-order valence-electron chi connectivity index (χ3n) is 13.8. The lowest BCUT2D eigenvalue weighted by molar-refractivity contribution is -0.271. The zero-order valence-corrected chi connectivity index (χ0v) is 47.4. The second-order valence-electron chi connectivity index (χ2n) is 19.7. The molecule has 0 atom stereocenters. The van der Waals surface area contributed by atoms with E-state index in [0.717, 1.165) is 11.6 Å². The summed E-state index contributed by atoms with van der Waals surface area (Å²) in [6.07, 6.45) is 0. The van der Waals surface area contributed by atoms with Crippen LogP contribution in [0.5, 0.6) is 69.0 Å². The number of aromatic carboxylic acids is 6. The number of rotatable bonds is 6. The Morgan fingerprint density at radius 1 is 0.304 bits per heavy atom. The van der Waals surface area contributed by atoms with Crippen molar-refractivity contribution >= 4 is 100 Å². The maximum atomic E-state index is 11.7. The second kappa shape index (κ2) is 27.5. The Kier molecular flexibility index (Phi) is 19.8. The highest BCUT2D eigenvalue weighted by Gasteiger charge is 2.19. The number of carbonyl (C=O) groups is 6. The van der Waals surface area contributed by atoms with Crippen LogP contribution in [0.3, 0.4) is 0 Å². The number of fused-ring (bicyclic) bond motifs is 6. The Morgan fingerprint density at radius 3 is 1.39 bits per heavy atom. The van der Waals surface area contributed by atoms with E-state index in [-0.39, 0.29) is 66.8 Å². The Labute approximate surface area is 516 Å². The first-order valence-corrected chi connectivity index (χ1v) is 26.4. The van der Waals surface area contributed by atoms with Gasteiger partial charge in [-0.25, -0.2) is 28.8 Å². The zero-order valence-electron chi connectivity index (χ0n) is 47.4. The first-order chi connectivity index (χ1) is 43.4. The average molecular weight is 1250 g/mol. The molecule has 0 heterocycles. The lowest BCUT2D eigenvalue weighted by Crippen LogP contribution is -2.05. The molecule has 12 N–H and O–H groups in total. The molecule has 468 valence electrons. The molecule has 0 aliphatic carbocycles. The summed E-state index contributed by atoms with van der Waals surface area (Å²) >= 11 is 0. The van der Waals surface area contributed by atoms with Crippen molar-refractivity contribution in [2.75, 3.05) is 0 Å². The van der Waals surface area contributed by atoms with Gasteiger partial charge in [-0.2, -0.15) is 0 Å². The van der Waals surface area contributed by atoms with Crippen LogP contribution in [-0.4, -0.2) is 97.1 Å².